The molecule has 1 unspecified atom stereocenters. The summed E-state index contributed by atoms with van der Waals surface area (Å²) in [6.45, 7) is 6.38. The first-order valence-electron chi connectivity index (χ1n) is 10.4. The number of carbonyl (C=O) groups is 3. The van der Waals surface area contributed by atoms with Crippen LogP contribution in [0.4, 0.5) is 0 Å². The molecule has 0 N–H and O–H groups in total. The van der Waals surface area contributed by atoms with Gasteiger partial charge in [0, 0.05) is 32.6 Å². The van der Waals surface area contributed by atoms with Crippen LogP contribution in [0.2, 0.25) is 0 Å². The summed E-state index contributed by atoms with van der Waals surface area (Å²) in [5.74, 6) is 0.488. The predicted molar refractivity (Wildman–Crippen MR) is 107 cm³/mol. The summed E-state index contributed by atoms with van der Waals surface area (Å²) in [6.07, 6.45) is 2.73. The van der Waals surface area contributed by atoms with Gasteiger partial charge in [0.15, 0.2) is 0 Å². The topological polar surface area (TPSA) is 60.9 Å². The summed E-state index contributed by atoms with van der Waals surface area (Å²) >= 11 is 0. The second-order valence-electron chi connectivity index (χ2n) is 8.22. The third-order valence-electron chi connectivity index (χ3n) is 5.54. The summed E-state index contributed by atoms with van der Waals surface area (Å²) in [5, 5.41) is 0. The summed E-state index contributed by atoms with van der Waals surface area (Å²) < 4.78 is 0. The Kier molecular flexibility index (Phi) is 6.70. The highest BCUT2D eigenvalue weighted by atomic mass is 16.2. The van der Waals surface area contributed by atoms with E-state index >= 15 is 0 Å². The number of hydrogen-bond donors (Lipinski definition) is 0. The molecule has 6 heteroatoms. The Morgan fingerprint density at radius 3 is 2.57 bits per heavy atom. The molecule has 0 aromatic heterocycles. The molecule has 0 saturated carbocycles. The largest absolute Gasteiger partial charge is 0.341 e. The lowest BCUT2D eigenvalue weighted by atomic mass is 10.1. The van der Waals surface area contributed by atoms with E-state index in [2.05, 4.69) is 12.1 Å². The summed E-state index contributed by atoms with van der Waals surface area (Å²) in [4.78, 5) is 43.2. The van der Waals surface area contributed by atoms with Gasteiger partial charge >= 0.3 is 0 Å². The molecule has 0 spiro atoms. The third-order valence-corrected chi connectivity index (χ3v) is 5.54. The number of fused-ring (bicyclic) bond motifs is 1. The number of piperazine rings is 1. The molecular formula is C22H31N3O3. The van der Waals surface area contributed by atoms with Crippen molar-refractivity contribution in [2.24, 2.45) is 5.92 Å². The smallest absolute Gasteiger partial charge is 0.245 e. The molecule has 152 valence electrons. The molecule has 2 saturated heterocycles. The highest BCUT2D eigenvalue weighted by Crippen LogP contribution is 2.20. The molecule has 0 bridgehead atoms. The van der Waals surface area contributed by atoms with E-state index in [1.165, 1.54) is 5.56 Å². The van der Waals surface area contributed by atoms with Crippen molar-refractivity contribution in [1.29, 1.82) is 0 Å². The van der Waals surface area contributed by atoms with Crippen LogP contribution >= 0.6 is 0 Å². The van der Waals surface area contributed by atoms with Crippen LogP contribution in [0.15, 0.2) is 30.3 Å². The van der Waals surface area contributed by atoms with Crippen molar-refractivity contribution in [3.05, 3.63) is 35.9 Å². The zero-order chi connectivity index (χ0) is 20.1. The van der Waals surface area contributed by atoms with Gasteiger partial charge in [0.1, 0.15) is 6.04 Å². The molecular weight excluding hydrogens is 354 g/mol. The van der Waals surface area contributed by atoms with Crippen LogP contribution in [0.1, 0.15) is 38.7 Å². The number of benzene rings is 1. The zero-order valence-corrected chi connectivity index (χ0v) is 17.0. The van der Waals surface area contributed by atoms with Crippen LogP contribution < -0.4 is 0 Å². The van der Waals surface area contributed by atoms with E-state index in [-0.39, 0.29) is 24.3 Å². The zero-order valence-electron chi connectivity index (χ0n) is 17.0. The molecule has 2 aliphatic heterocycles. The van der Waals surface area contributed by atoms with Crippen molar-refractivity contribution in [3.8, 4) is 0 Å². The van der Waals surface area contributed by atoms with Gasteiger partial charge in [0.25, 0.3) is 0 Å². The van der Waals surface area contributed by atoms with Gasteiger partial charge in [-0.1, -0.05) is 44.2 Å². The van der Waals surface area contributed by atoms with Gasteiger partial charge in [-0.25, -0.2) is 0 Å². The average Bonchev–Trinajstić information content (AvgIpc) is 2.90. The molecule has 2 heterocycles. The lowest BCUT2D eigenvalue weighted by Crippen LogP contribution is -2.60. The van der Waals surface area contributed by atoms with Crippen molar-refractivity contribution in [1.82, 2.24) is 14.7 Å². The Hall–Kier alpha value is -2.37. The Bertz CT molecular complexity index is 704. The molecule has 3 rings (SSSR count). The van der Waals surface area contributed by atoms with E-state index < -0.39 is 6.04 Å². The van der Waals surface area contributed by atoms with Crippen LogP contribution in [-0.2, 0) is 20.8 Å². The maximum Gasteiger partial charge on any atom is 0.245 e. The molecule has 0 radical (unpaired) electrons. The summed E-state index contributed by atoms with van der Waals surface area (Å²) in [6, 6.07) is 9.76. The minimum absolute atomic E-state index is 0.00336. The van der Waals surface area contributed by atoms with Crippen LogP contribution in [0, 0.1) is 5.92 Å². The fraction of sp³-hybridized carbons (Fsp3) is 0.591. The van der Waals surface area contributed by atoms with Crippen molar-refractivity contribution < 1.29 is 14.4 Å². The lowest BCUT2D eigenvalue weighted by Gasteiger charge is -2.39. The van der Waals surface area contributed by atoms with E-state index in [0.717, 1.165) is 12.8 Å². The van der Waals surface area contributed by atoms with Crippen LogP contribution in [-0.4, -0.2) is 71.2 Å². The number of carbonyl (C=O) groups excluding carboxylic acids is 3. The Labute approximate surface area is 167 Å². The minimum atomic E-state index is -0.415. The second kappa shape index (κ2) is 9.22. The van der Waals surface area contributed by atoms with E-state index in [9.17, 15) is 14.4 Å². The molecule has 28 heavy (non-hydrogen) atoms. The second-order valence-corrected chi connectivity index (χ2v) is 8.22. The van der Waals surface area contributed by atoms with Gasteiger partial charge in [0.05, 0.1) is 6.54 Å². The van der Waals surface area contributed by atoms with Crippen LogP contribution in [0.3, 0.4) is 0 Å². The maximum absolute atomic E-state index is 12.8. The van der Waals surface area contributed by atoms with Gasteiger partial charge in [-0.05, 0) is 30.7 Å². The molecule has 1 aromatic rings. The Morgan fingerprint density at radius 2 is 1.86 bits per heavy atom. The van der Waals surface area contributed by atoms with Crippen molar-refractivity contribution in [2.45, 2.75) is 45.6 Å². The number of rotatable bonds is 6. The molecule has 2 aliphatic rings. The monoisotopic (exact) mass is 385 g/mol. The Morgan fingerprint density at radius 1 is 1.11 bits per heavy atom. The summed E-state index contributed by atoms with van der Waals surface area (Å²) in [7, 11) is 0. The van der Waals surface area contributed by atoms with Gasteiger partial charge in [-0.2, -0.15) is 0 Å². The van der Waals surface area contributed by atoms with Crippen molar-refractivity contribution >= 4 is 17.7 Å². The van der Waals surface area contributed by atoms with Gasteiger partial charge in [-0.3, -0.25) is 14.4 Å². The first kappa shape index (κ1) is 20.4. The highest BCUT2D eigenvalue weighted by Gasteiger charge is 2.41. The molecule has 6 nitrogen and oxygen atoms in total. The fourth-order valence-corrected chi connectivity index (χ4v) is 4.12. The van der Waals surface area contributed by atoms with E-state index in [0.29, 0.717) is 44.9 Å². The number of nitrogens with zero attached hydrogens (tertiary/aromatic N) is 3. The standard InChI is InChI=1S/C22H31N3O3/c1-17(2)15-24-16-21(27)25-14-13-23(12-11-19(25)22(24)28)20(26)10-6-9-18-7-4-3-5-8-18/h3-5,7-8,17,19H,6,9-16H2,1-2H3. The fourth-order valence-electron chi connectivity index (χ4n) is 4.12. The van der Waals surface area contributed by atoms with Gasteiger partial charge in [-0.15, -0.1) is 0 Å². The van der Waals surface area contributed by atoms with Crippen molar-refractivity contribution in [3.63, 3.8) is 0 Å². The molecule has 1 atom stereocenters. The molecule has 0 aliphatic carbocycles. The maximum atomic E-state index is 12.8. The van der Waals surface area contributed by atoms with Gasteiger partial charge in [0.2, 0.25) is 17.7 Å². The van der Waals surface area contributed by atoms with Crippen molar-refractivity contribution in [2.75, 3.05) is 32.7 Å². The normalized spacial score (nSPS) is 20.4. The first-order chi connectivity index (χ1) is 13.5. The Balaban J connectivity index is 1.54. The first-order valence-corrected chi connectivity index (χ1v) is 10.4. The lowest BCUT2D eigenvalue weighted by molar-refractivity contribution is -0.156. The quantitative estimate of drug-likeness (QED) is 0.752. The van der Waals surface area contributed by atoms with E-state index in [1.54, 1.807) is 9.80 Å². The predicted octanol–water partition coefficient (Wildman–Crippen LogP) is 1.94. The molecule has 1 aromatic carbocycles. The van der Waals surface area contributed by atoms with Crippen LogP contribution in [0.25, 0.3) is 0 Å². The third kappa shape index (κ3) is 4.91. The number of amides is 3. The SMILES string of the molecule is CC(C)CN1CC(=O)N2CCN(C(=O)CCCc3ccccc3)CCC2C1=O. The number of aryl methyl sites for hydroxylation is 1. The average molecular weight is 386 g/mol. The highest BCUT2D eigenvalue weighted by molar-refractivity contribution is 5.95. The minimum Gasteiger partial charge on any atom is -0.341 e. The summed E-state index contributed by atoms with van der Waals surface area (Å²) in [5.41, 5.74) is 1.24. The molecule has 2 fully saturated rings. The molecule has 3 amide bonds. The van der Waals surface area contributed by atoms with E-state index in [4.69, 9.17) is 0 Å². The van der Waals surface area contributed by atoms with E-state index in [1.807, 2.05) is 36.9 Å². The number of hydrogen-bond acceptors (Lipinski definition) is 3. The van der Waals surface area contributed by atoms with Crippen LogP contribution in [0.5, 0.6) is 0 Å². The van der Waals surface area contributed by atoms with Gasteiger partial charge < -0.3 is 14.7 Å².